The highest BCUT2D eigenvalue weighted by molar-refractivity contribution is 7.92. The molecule has 0 fully saturated rings. The second-order valence-electron chi connectivity index (χ2n) is 11.6. The van der Waals surface area contributed by atoms with E-state index >= 15 is 0 Å². The number of hydrogen-bond donors (Lipinski definition) is 3. The third kappa shape index (κ3) is 7.28. The third-order valence-electron chi connectivity index (χ3n) is 8.04. The van der Waals surface area contributed by atoms with Crippen LogP contribution in [0.15, 0.2) is 77.6 Å². The monoisotopic (exact) mass is 691 g/mol. The SMILES string of the molecule is CNC(=O)c1c(-c2ccc(Oc3ccc(F)cc3)cc2)oc2cc3c(cc12)[C@H](C)O[C@H](COC(=O)[C@@H](N)Cc1cnc[nH]1)CN3S(C)(=O)=O. The van der Waals surface area contributed by atoms with Crippen LogP contribution < -0.4 is 20.1 Å². The average molecular weight is 692 g/mol. The molecule has 1 aliphatic heterocycles. The summed E-state index contributed by atoms with van der Waals surface area (Å²) < 4.78 is 64.5. The number of sulfonamides is 1. The normalized spacial score (nSPS) is 16.9. The maximum atomic E-state index is 13.3. The topological polar surface area (TPSA) is 179 Å². The number of esters is 1. The average Bonchev–Trinajstić information content (AvgIpc) is 3.70. The summed E-state index contributed by atoms with van der Waals surface area (Å²) in [5, 5.41) is 3.10. The number of anilines is 1. The Morgan fingerprint density at radius 1 is 1.14 bits per heavy atom. The van der Waals surface area contributed by atoms with E-state index in [4.69, 9.17) is 24.4 Å². The van der Waals surface area contributed by atoms with E-state index in [2.05, 4.69) is 15.3 Å². The van der Waals surface area contributed by atoms with Gasteiger partial charge in [-0.2, -0.15) is 0 Å². The summed E-state index contributed by atoms with van der Waals surface area (Å²) in [5.41, 5.74) is 8.55. The number of hydrogen-bond acceptors (Lipinski definition) is 10. The number of rotatable bonds is 10. The molecule has 5 aromatic rings. The minimum Gasteiger partial charge on any atom is -0.462 e. The second kappa shape index (κ2) is 13.7. The van der Waals surface area contributed by atoms with Gasteiger partial charge in [-0.3, -0.25) is 13.9 Å². The third-order valence-corrected chi connectivity index (χ3v) is 9.19. The van der Waals surface area contributed by atoms with Gasteiger partial charge in [-0.15, -0.1) is 0 Å². The molecular weight excluding hydrogens is 657 g/mol. The zero-order chi connectivity index (χ0) is 34.9. The van der Waals surface area contributed by atoms with Crippen LogP contribution in [0.1, 0.15) is 34.6 Å². The lowest BCUT2D eigenvalue weighted by Crippen LogP contribution is -2.41. The summed E-state index contributed by atoms with van der Waals surface area (Å²) >= 11 is 0. The van der Waals surface area contributed by atoms with E-state index in [0.29, 0.717) is 39.4 Å². The Morgan fingerprint density at radius 3 is 2.47 bits per heavy atom. The Bertz CT molecular complexity index is 2080. The minimum absolute atomic E-state index is 0.157. The van der Waals surface area contributed by atoms with Crippen LogP contribution in [0.4, 0.5) is 10.1 Å². The number of ether oxygens (including phenoxy) is 3. The number of nitrogens with one attached hydrogen (secondary N) is 2. The Kier molecular flexibility index (Phi) is 9.41. The molecule has 49 heavy (non-hydrogen) atoms. The molecule has 1 amide bonds. The molecule has 0 aliphatic carbocycles. The quantitative estimate of drug-likeness (QED) is 0.177. The summed E-state index contributed by atoms with van der Waals surface area (Å²) in [6.07, 6.45) is 2.78. The number of halogens is 1. The first-order chi connectivity index (χ1) is 23.4. The van der Waals surface area contributed by atoms with Crippen molar-refractivity contribution < 1.29 is 41.0 Å². The standard InChI is InChI=1S/C34H34FN5O8S/c1-19-26-13-27-30(48-32(31(27)33(41)37-2)20-4-8-23(9-5-20)47-24-10-6-21(35)7-11-24)14-29(26)40(49(3,43)44)16-25(46-19)17-45-34(42)28(36)12-22-15-38-18-39-22/h4-11,13-15,18-19,25,28H,12,16-17,36H2,1-3H3,(H,37,41)(H,38,39)/t19-,25-,28-/m0/s1. The number of carbonyl (C=O) groups excluding carboxylic acids is 2. The molecule has 13 nitrogen and oxygen atoms in total. The Morgan fingerprint density at radius 2 is 1.84 bits per heavy atom. The predicted molar refractivity (Wildman–Crippen MR) is 178 cm³/mol. The highest BCUT2D eigenvalue weighted by atomic mass is 32.2. The van der Waals surface area contributed by atoms with Crippen LogP contribution in [0, 0.1) is 5.82 Å². The van der Waals surface area contributed by atoms with Crippen molar-refractivity contribution in [2.75, 3.05) is 30.8 Å². The Labute approximate surface area is 281 Å². The van der Waals surface area contributed by atoms with Crippen molar-refractivity contribution in [2.45, 2.75) is 31.6 Å². The van der Waals surface area contributed by atoms with Crippen molar-refractivity contribution in [3.63, 3.8) is 0 Å². The van der Waals surface area contributed by atoms with E-state index in [-0.39, 0.29) is 42.3 Å². The molecule has 0 bridgehead atoms. The Balaban J connectivity index is 1.30. The largest absolute Gasteiger partial charge is 0.462 e. The fraction of sp³-hybridized carbons (Fsp3) is 0.265. The summed E-state index contributed by atoms with van der Waals surface area (Å²) in [6, 6.07) is 14.7. The van der Waals surface area contributed by atoms with Crippen molar-refractivity contribution >= 4 is 38.6 Å². The number of nitrogens with two attached hydrogens (primary N) is 1. The molecular formula is C34H34FN5O8S. The fourth-order valence-electron chi connectivity index (χ4n) is 5.65. The molecule has 0 spiro atoms. The van der Waals surface area contributed by atoms with Gasteiger partial charge in [-0.25, -0.2) is 17.8 Å². The molecule has 2 aromatic heterocycles. The number of benzene rings is 3. The van der Waals surface area contributed by atoms with Gasteiger partial charge in [0.15, 0.2) is 0 Å². The number of aromatic nitrogens is 2. The van der Waals surface area contributed by atoms with Crippen LogP contribution in [-0.2, 0) is 30.7 Å². The van der Waals surface area contributed by atoms with Gasteiger partial charge < -0.3 is 34.7 Å². The van der Waals surface area contributed by atoms with Gasteiger partial charge in [0.1, 0.15) is 47.4 Å². The highest BCUT2D eigenvalue weighted by Crippen LogP contribution is 2.42. The lowest BCUT2D eigenvalue weighted by atomic mass is 10.0. The van der Waals surface area contributed by atoms with E-state index in [0.717, 1.165) is 6.26 Å². The number of nitrogens with zero attached hydrogens (tertiary/aromatic N) is 2. The first-order valence-electron chi connectivity index (χ1n) is 15.3. The van der Waals surface area contributed by atoms with Gasteiger partial charge in [0.05, 0.1) is 36.5 Å². The molecule has 3 aromatic carbocycles. The molecule has 1 aliphatic rings. The summed E-state index contributed by atoms with van der Waals surface area (Å²) in [4.78, 5) is 32.7. The fourth-order valence-corrected chi connectivity index (χ4v) is 6.60. The number of amides is 1. The van der Waals surface area contributed by atoms with Crippen molar-refractivity contribution in [3.05, 3.63) is 95.8 Å². The van der Waals surface area contributed by atoms with Crippen LogP contribution in [0.25, 0.3) is 22.3 Å². The van der Waals surface area contributed by atoms with Crippen molar-refractivity contribution in [2.24, 2.45) is 5.73 Å². The summed E-state index contributed by atoms with van der Waals surface area (Å²) in [6.45, 7) is 1.34. The minimum atomic E-state index is -3.86. The molecule has 0 saturated heterocycles. The Hall–Kier alpha value is -5.25. The van der Waals surface area contributed by atoms with Crippen LogP contribution in [0.3, 0.4) is 0 Å². The van der Waals surface area contributed by atoms with Gasteiger partial charge in [0, 0.05) is 47.9 Å². The van der Waals surface area contributed by atoms with Gasteiger partial charge in [0.25, 0.3) is 5.91 Å². The molecule has 6 rings (SSSR count). The first kappa shape index (κ1) is 33.6. The number of aromatic amines is 1. The van der Waals surface area contributed by atoms with Gasteiger partial charge in [-0.05, 0) is 61.5 Å². The predicted octanol–water partition coefficient (Wildman–Crippen LogP) is 4.45. The summed E-state index contributed by atoms with van der Waals surface area (Å²) in [7, 11) is -2.37. The van der Waals surface area contributed by atoms with E-state index in [9.17, 15) is 22.4 Å². The lowest BCUT2D eigenvalue weighted by molar-refractivity contribution is -0.150. The van der Waals surface area contributed by atoms with Crippen LogP contribution in [-0.4, -0.2) is 68.9 Å². The lowest BCUT2D eigenvalue weighted by Gasteiger charge is -2.25. The van der Waals surface area contributed by atoms with Crippen molar-refractivity contribution in [1.29, 1.82) is 0 Å². The van der Waals surface area contributed by atoms with Crippen LogP contribution >= 0.6 is 0 Å². The zero-order valence-electron chi connectivity index (χ0n) is 26.8. The molecule has 3 heterocycles. The van der Waals surface area contributed by atoms with Gasteiger partial charge >= 0.3 is 5.97 Å². The van der Waals surface area contributed by atoms with E-state index in [1.54, 1.807) is 49.5 Å². The van der Waals surface area contributed by atoms with E-state index < -0.39 is 40.1 Å². The number of fused-ring (bicyclic) bond motifs is 2. The number of H-pyrrole nitrogens is 1. The van der Waals surface area contributed by atoms with Crippen molar-refractivity contribution in [1.82, 2.24) is 15.3 Å². The van der Waals surface area contributed by atoms with E-state index in [1.807, 2.05) is 0 Å². The van der Waals surface area contributed by atoms with Crippen molar-refractivity contribution in [3.8, 4) is 22.8 Å². The maximum absolute atomic E-state index is 13.3. The van der Waals surface area contributed by atoms with E-state index in [1.165, 1.54) is 41.9 Å². The molecule has 0 radical (unpaired) electrons. The highest BCUT2D eigenvalue weighted by Gasteiger charge is 2.34. The molecule has 3 atom stereocenters. The van der Waals surface area contributed by atoms with Crippen LogP contribution in [0.5, 0.6) is 11.5 Å². The maximum Gasteiger partial charge on any atom is 0.323 e. The number of carbonyl (C=O) groups is 2. The van der Waals surface area contributed by atoms with Gasteiger partial charge in [0.2, 0.25) is 10.0 Å². The second-order valence-corrected chi connectivity index (χ2v) is 13.5. The summed E-state index contributed by atoms with van der Waals surface area (Å²) in [5.74, 6) is -0.275. The molecule has 0 saturated carbocycles. The molecule has 4 N–H and O–H groups in total. The smallest absolute Gasteiger partial charge is 0.323 e. The molecule has 256 valence electrons. The first-order valence-corrected chi connectivity index (χ1v) is 17.1. The van der Waals surface area contributed by atoms with Gasteiger partial charge in [-0.1, -0.05) is 0 Å². The molecule has 15 heteroatoms. The van der Waals surface area contributed by atoms with Crippen LogP contribution in [0.2, 0.25) is 0 Å². The number of furan rings is 1. The zero-order valence-corrected chi connectivity index (χ0v) is 27.6. The molecule has 0 unspecified atom stereocenters. The number of imidazole rings is 1.